The number of nitrogens with one attached hydrogen (secondary N) is 1. The van der Waals surface area contributed by atoms with E-state index in [1.54, 1.807) is 6.33 Å². The molecule has 0 radical (unpaired) electrons. The summed E-state index contributed by atoms with van der Waals surface area (Å²) in [6, 6.07) is 9.23. The molecule has 0 amide bonds. The van der Waals surface area contributed by atoms with Gasteiger partial charge in [0, 0.05) is 12.6 Å². The van der Waals surface area contributed by atoms with Gasteiger partial charge in [-0.05, 0) is 30.9 Å². The third-order valence-corrected chi connectivity index (χ3v) is 3.64. The van der Waals surface area contributed by atoms with Crippen LogP contribution in [-0.2, 0) is 25.9 Å². The number of rotatable bonds is 4. The smallest absolute Gasteiger partial charge is 0.146 e. The highest BCUT2D eigenvalue weighted by atomic mass is 15.3. The fourth-order valence-electron chi connectivity index (χ4n) is 2.62. The molecule has 0 saturated heterocycles. The van der Waals surface area contributed by atoms with Gasteiger partial charge in [-0.1, -0.05) is 24.3 Å². The van der Waals surface area contributed by atoms with E-state index in [1.807, 2.05) is 0 Å². The largest absolute Gasteiger partial charge is 0.317 e. The molecule has 1 aliphatic carbocycles. The molecule has 0 saturated carbocycles. The third kappa shape index (κ3) is 2.16. The van der Waals surface area contributed by atoms with Gasteiger partial charge in [-0.15, -0.1) is 10.2 Å². The number of benzene rings is 1. The summed E-state index contributed by atoms with van der Waals surface area (Å²) in [6.45, 7) is 3.83. The van der Waals surface area contributed by atoms with Crippen molar-refractivity contribution in [3.05, 3.63) is 47.5 Å². The molecule has 0 atom stereocenters. The van der Waals surface area contributed by atoms with Crippen LogP contribution in [0.25, 0.3) is 0 Å². The van der Waals surface area contributed by atoms with Crippen LogP contribution < -0.4 is 5.32 Å². The minimum atomic E-state index is 0.532. The number of aryl methyl sites for hydroxylation is 1. The first-order valence-electron chi connectivity index (χ1n) is 6.53. The normalized spacial score (nSPS) is 14.9. The molecule has 94 valence electrons. The summed E-state index contributed by atoms with van der Waals surface area (Å²) < 4.78 is 2.08. The van der Waals surface area contributed by atoms with E-state index in [-0.39, 0.29) is 0 Å². The summed E-state index contributed by atoms with van der Waals surface area (Å²) in [5.41, 5.74) is 2.96. The SMILES string of the molecule is CCn1cnnc1CNC1Cc2ccccc2C1. The second kappa shape index (κ2) is 4.90. The van der Waals surface area contributed by atoms with Gasteiger partial charge in [-0.25, -0.2) is 0 Å². The summed E-state index contributed by atoms with van der Waals surface area (Å²) in [5.74, 6) is 1.02. The van der Waals surface area contributed by atoms with Crippen LogP contribution in [0.5, 0.6) is 0 Å². The number of aromatic nitrogens is 3. The van der Waals surface area contributed by atoms with E-state index in [2.05, 4.69) is 51.3 Å². The van der Waals surface area contributed by atoms with Crippen LogP contribution in [0.2, 0.25) is 0 Å². The molecule has 1 aromatic carbocycles. The number of fused-ring (bicyclic) bond motifs is 1. The second-order valence-electron chi connectivity index (χ2n) is 4.79. The molecular formula is C14H18N4. The van der Waals surface area contributed by atoms with E-state index in [0.29, 0.717) is 6.04 Å². The van der Waals surface area contributed by atoms with E-state index in [1.165, 1.54) is 11.1 Å². The van der Waals surface area contributed by atoms with Crippen LogP contribution in [0.3, 0.4) is 0 Å². The monoisotopic (exact) mass is 242 g/mol. The molecule has 0 spiro atoms. The Hall–Kier alpha value is -1.68. The van der Waals surface area contributed by atoms with Crippen molar-refractivity contribution in [2.45, 2.75) is 38.9 Å². The van der Waals surface area contributed by atoms with Crippen molar-refractivity contribution >= 4 is 0 Å². The van der Waals surface area contributed by atoms with Crippen molar-refractivity contribution in [2.75, 3.05) is 0 Å². The maximum Gasteiger partial charge on any atom is 0.146 e. The van der Waals surface area contributed by atoms with E-state index in [9.17, 15) is 0 Å². The van der Waals surface area contributed by atoms with Gasteiger partial charge >= 0.3 is 0 Å². The fourth-order valence-corrected chi connectivity index (χ4v) is 2.62. The molecule has 1 aromatic heterocycles. The molecule has 2 aromatic rings. The average Bonchev–Trinajstić information content (AvgIpc) is 3.01. The van der Waals surface area contributed by atoms with E-state index < -0.39 is 0 Å². The zero-order chi connectivity index (χ0) is 12.4. The van der Waals surface area contributed by atoms with Crippen molar-refractivity contribution in [3.63, 3.8) is 0 Å². The topological polar surface area (TPSA) is 42.7 Å². The molecule has 0 aliphatic heterocycles. The summed E-state index contributed by atoms with van der Waals surface area (Å²) >= 11 is 0. The Bertz CT molecular complexity index is 507. The van der Waals surface area contributed by atoms with Crippen molar-refractivity contribution < 1.29 is 0 Å². The third-order valence-electron chi connectivity index (χ3n) is 3.64. The maximum absolute atomic E-state index is 4.15. The summed E-state index contributed by atoms with van der Waals surface area (Å²) in [5, 5.41) is 11.7. The number of nitrogens with zero attached hydrogens (tertiary/aromatic N) is 3. The van der Waals surface area contributed by atoms with Gasteiger partial charge in [-0.2, -0.15) is 0 Å². The maximum atomic E-state index is 4.15. The number of hydrogen-bond acceptors (Lipinski definition) is 3. The fraction of sp³-hybridized carbons (Fsp3) is 0.429. The first-order valence-corrected chi connectivity index (χ1v) is 6.53. The van der Waals surface area contributed by atoms with Gasteiger partial charge in [0.05, 0.1) is 6.54 Å². The Labute approximate surface area is 107 Å². The molecular weight excluding hydrogens is 224 g/mol. The van der Waals surface area contributed by atoms with Crippen molar-refractivity contribution in [1.82, 2.24) is 20.1 Å². The zero-order valence-electron chi connectivity index (χ0n) is 10.6. The van der Waals surface area contributed by atoms with Gasteiger partial charge in [0.2, 0.25) is 0 Å². The standard InChI is InChI=1S/C14H18N4/c1-2-18-10-16-17-14(18)9-15-13-7-11-5-3-4-6-12(11)8-13/h3-6,10,13,15H,2,7-9H2,1H3. The minimum absolute atomic E-state index is 0.532. The first kappa shape index (κ1) is 11.4. The lowest BCUT2D eigenvalue weighted by atomic mass is 10.1. The van der Waals surface area contributed by atoms with Crippen molar-refractivity contribution in [1.29, 1.82) is 0 Å². The van der Waals surface area contributed by atoms with Crippen molar-refractivity contribution in [2.24, 2.45) is 0 Å². The Morgan fingerprint density at radius 3 is 2.67 bits per heavy atom. The predicted octanol–water partition coefficient (Wildman–Crippen LogP) is 1.55. The molecule has 0 fully saturated rings. The summed E-state index contributed by atoms with van der Waals surface area (Å²) in [4.78, 5) is 0. The van der Waals surface area contributed by atoms with E-state index in [4.69, 9.17) is 0 Å². The van der Waals surface area contributed by atoms with Crippen LogP contribution in [0.15, 0.2) is 30.6 Å². The molecule has 1 N–H and O–H groups in total. The van der Waals surface area contributed by atoms with Crippen LogP contribution in [0.4, 0.5) is 0 Å². The van der Waals surface area contributed by atoms with E-state index in [0.717, 1.165) is 31.8 Å². The van der Waals surface area contributed by atoms with Crippen molar-refractivity contribution in [3.8, 4) is 0 Å². The van der Waals surface area contributed by atoms with Gasteiger partial charge in [0.1, 0.15) is 12.2 Å². The molecule has 1 aliphatic rings. The Balaban J connectivity index is 1.60. The Morgan fingerprint density at radius 2 is 2.00 bits per heavy atom. The molecule has 18 heavy (non-hydrogen) atoms. The molecule has 0 bridgehead atoms. The van der Waals surface area contributed by atoms with Gasteiger partial charge < -0.3 is 9.88 Å². The average molecular weight is 242 g/mol. The number of hydrogen-bond donors (Lipinski definition) is 1. The summed E-state index contributed by atoms with van der Waals surface area (Å²) in [6.07, 6.45) is 4.04. The lowest BCUT2D eigenvalue weighted by Crippen LogP contribution is -2.30. The van der Waals surface area contributed by atoms with Crippen LogP contribution in [0.1, 0.15) is 23.9 Å². The molecule has 4 heteroatoms. The highest BCUT2D eigenvalue weighted by Gasteiger charge is 2.20. The lowest BCUT2D eigenvalue weighted by molar-refractivity contribution is 0.508. The first-order chi connectivity index (χ1) is 8.86. The zero-order valence-corrected chi connectivity index (χ0v) is 10.6. The van der Waals surface area contributed by atoms with Gasteiger partial charge in [0.15, 0.2) is 0 Å². The molecule has 0 unspecified atom stereocenters. The van der Waals surface area contributed by atoms with Crippen LogP contribution in [0, 0.1) is 0 Å². The minimum Gasteiger partial charge on any atom is -0.317 e. The lowest BCUT2D eigenvalue weighted by Gasteiger charge is -2.11. The second-order valence-corrected chi connectivity index (χ2v) is 4.79. The summed E-state index contributed by atoms with van der Waals surface area (Å²) in [7, 11) is 0. The Morgan fingerprint density at radius 1 is 1.28 bits per heavy atom. The quantitative estimate of drug-likeness (QED) is 0.884. The molecule has 4 nitrogen and oxygen atoms in total. The predicted molar refractivity (Wildman–Crippen MR) is 70.2 cm³/mol. The van der Waals surface area contributed by atoms with Crippen LogP contribution >= 0.6 is 0 Å². The van der Waals surface area contributed by atoms with Gasteiger partial charge in [0.25, 0.3) is 0 Å². The van der Waals surface area contributed by atoms with E-state index >= 15 is 0 Å². The van der Waals surface area contributed by atoms with Gasteiger partial charge in [-0.3, -0.25) is 0 Å². The molecule has 3 rings (SSSR count). The highest BCUT2D eigenvalue weighted by Crippen LogP contribution is 2.21. The highest BCUT2D eigenvalue weighted by molar-refractivity contribution is 5.33. The van der Waals surface area contributed by atoms with Crippen LogP contribution in [-0.4, -0.2) is 20.8 Å². The molecule has 1 heterocycles. The Kier molecular flexibility index (Phi) is 3.11.